The van der Waals surface area contributed by atoms with Crippen molar-refractivity contribution in [2.24, 2.45) is 17.8 Å². The lowest BCUT2D eigenvalue weighted by Gasteiger charge is -2.35. The van der Waals surface area contributed by atoms with Gasteiger partial charge in [0.05, 0.1) is 5.76 Å². The maximum absolute atomic E-state index is 6.31. The third-order valence-electron chi connectivity index (χ3n) is 4.13. The standard InChI is InChI=1S/C14H22OSi/c1-16(2,3)15-13-6-4-5-10-9-11-7-8-12(13)14(10)11/h6,9,11-12,14H,4-5,7-8H2,1-3H3/t11-,12+,14+/m1/s1. The van der Waals surface area contributed by atoms with Gasteiger partial charge >= 0.3 is 0 Å². The largest absolute Gasteiger partial charge is 0.547 e. The van der Waals surface area contributed by atoms with Crippen molar-refractivity contribution in [2.45, 2.75) is 45.3 Å². The SMILES string of the molecule is C[Si](C)(C)OC1=CCCC2=C[C@H]3CC[C@@H]1[C@@H]23. The summed E-state index contributed by atoms with van der Waals surface area (Å²) < 4.78 is 6.31. The first-order valence-corrected chi connectivity index (χ1v) is 10.0. The summed E-state index contributed by atoms with van der Waals surface area (Å²) in [4.78, 5) is 0. The van der Waals surface area contributed by atoms with Crippen LogP contribution < -0.4 is 0 Å². The summed E-state index contributed by atoms with van der Waals surface area (Å²) in [7, 11) is -1.42. The predicted octanol–water partition coefficient (Wildman–Crippen LogP) is 4.10. The van der Waals surface area contributed by atoms with E-state index >= 15 is 0 Å². The van der Waals surface area contributed by atoms with Crippen molar-refractivity contribution in [3.05, 3.63) is 23.5 Å². The van der Waals surface area contributed by atoms with Crippen LogP contribution in [0.1, 0.15) is 25.7 Å². The van der Waals surface area contributed by atoms with E-state index in [9.17, 15) is 0 Å². The molecule has 0 aromatic rings. The zero-order valence-electron chi connectivity index (χ0n) is 10.6. The van der Waals surface area contributed by atoms with Crippen molar-refractivity contribution in [3.8, 4) is 0 Å². The number of allylic oxidation sites excluding steroid dienone is 4. The maximum atomic E-state index is 6.31. The Morgan fingerprint density at radius 2 is 2.06 bits per heavy atom. The highest BCUT2D eigenvalue weighted by molar-refractivity contribution is 6.70. The summed E-state index contributed by atoms with van der Waals surface area (Å²) in [5.41, 5.74) is 1.73. The van der Waals surface area contributed by atoms with E-state index in [1.54, 1.807) is 5.57 Å². The van der Waals surface area contributed by atoms with Gasteiger partial charge in [0.15, 0.2) is 0 Å². The predicted molar refractivity (Wildman–Crippen MR) is 69.5 cm³/mol. The minimum Gasteiger partial charge on any atom is -0.547 e. The van der Waals surface area contributed by atoms with Crippen LogP contribution in [-0.2, 0) is 4.43 Å². The summed E-state index contributed by atoms with van der Waals surface area (Å²) in [6.07, 6.45) is 10.2. The van der Waals surface area contributed by atoms with Crippen LogP contribution in [0, 0.1) is 17.8 Å². The Balaban J connectivity index is 1.83. The smallest absolute Gasteiger partial charge is 0.241 e. The molecule has 3 rings (SSSR count). The van der Waals surface area contributed by atoms with Crippen molar-refractivity contribution in [1.29, 1.82) is 0 Å². The van der Waals surface area contributed by atoms with Gasteiger partial charge in [-0.1, -0.05) is 11.6 Å². The van der Waals surface area contributed by atoms with Crippen LogP contribution in [0.4, 0.5) is 0 Å². The molecule has 0 N–H and O–H groups in total. The molecule has 0 radical (unpaired) electrons. The first kappa shape index (κ1) is 10.6. The van der Waals surface area contributed by atoms with Gasteiger partial charge in [0.1, 0.15) is 0 Å². The summed E-state index contributed by atoms with van der Waals surface area (Å²) in [5, 5.41) is 0. The van der Waals surface area contributed by atoms with Crippen LogP contribution in [0.3, 0.4) is 0 Å². The zero-order chi connectivity index (χ0) is 11.3. The molecular weight excluding hydrogens is 212 g/mol. The van der Waals surface area contributed by atoms with Crippen LogP contribution in [0.2, 0.25) is 19.6 Å². The van der Waals surface area contributed by atoms with E-state index in [0.717, 1.165) is 17.8 Å². The molecule has 0 amide bonds. The van der Waals surface area contributed by atoms with Crippen LogP contribution in [0.15, 0.2) is 23.5 Å². The summed E-state index contributed by atoms with van der Waals surface area (Å²) in [5.74, 6) is 3.85. The summed E-state index contributed by atoms with van der Waals surface area (Å²) in [6, 6.07) is 0. The molecule has 1 nitrogen and oxygen atoms in total. The normalized spacial score (nSPS) is 36.8. The first-order valence-electron chi connectivity index (χ1n) is 6.64. The molecule has 2 heteroatoms. The molecule has 0 aliphatic heterocycles. The fraction of sp³-hybridized carbons (Fsp3) is 0.714. The van der Waals surface area contributed by atoms with Crippen molar-refractivity contribution >= 4 is 8.32 Å². The minimum absolute atomic E-state index is 0.735. The van der Waals surface area contributed by atoms with E-state index < -0.39 is 8.32 Å². The quantitative estimate of drug-likeness (QED) is 0.516. The number of hydrogen-bond acceptors (Lipinski definition) is 1. The summed E-state index contributed by atoms with van der Waals surface area (Å²) >= 11 is 0. The molecule has 3 atom stereocenters. The van der Waals surface area contributed by atoms with Crippen molar-refractivity contribution in [1.82, 2.24) is 0 Å². The van der Waals surface area contributed by atoms with E-state index in [4.69, 9.17) is 4.43 Å². The Morgan fingerprint density at radius 1 is 1.25 bits per heavy atom. The van der Waals surface area contributed by atoms with Gasteiger partial charge < -0.3 is 4.43 Å². The molecule has 1 fully saturated rings. The van der Waals surface area contributed by atoms with Gasteiger partial charge in [-0.3, -0.25) is 0 Å². The molecule has 0 spiro atoms. The maximum Gasteiger partial charge on any atom is 0.241 e. The minimum atomic E-state index is -1.42. The van der Waals surface area contributed by atoms with Gasteiger partial charge in [0.2, 0.25) is 8.32 Å². The molecular formula is C14H22OSi. The highest BCUT2D eigenvalue weighted by Crippen LogP contribution is 2.55. The second-order valence-electron chi connectivity index (χ2n) is 6.47. The number of rotatable bonds is 2. The van der Waals surface area contributed by atoms with Crippen molar-refractivity contribution in [3.63, 3.8) is 0 Å². The lowest BCUT2D eigenvalue weighted by Crippen LogP contribution is -2.30. The van der Waals surface area contributed by atoms with Crippen LogP contribution >= 0.6 is 0 Å². The molecule has 16 heavy (non-hydrogen) atoms. The Labute approximate surface area is 99.7 Å². The van der Waals surface area contributed by atoms with E-state index in [1.807, 2.05) is 0 Å². The van der Waals surface area contributed by atoms with Gasteiger partial charge in [-0.05, 0) is 63.2 Å². The van der Waals surface area contributed by atoms with E-state index in [1.165, 1.54) is 31.4 Å². The number of hydrogen-bond donors (Lipinski definition) is 0. The lowest BCUT2D eigenvalue weighted by atomic mass is 9.72. The van der Waals surface area contributed by atoms with E-state index in [2.05, 4.69) is 31.8 Å². The molecule has 0 aromatic heterocycles. The fourth-order valence-corrected chi connectivity index (χ4v) is 4.53. The van der Waals surface area contributed by atoms with Crippen molar-refractivity contribution < 1.29 is 4.43 Å². The average Bonchev–Trinajstić information content (AvgIpc) is 2.41. The fourth-order valence-electron chi connectivity index (χ4n) is 3.59. The molecule has 0 unspecified atom stereocenters. The zero-order valence-corrected chi connectivity index (χ0v) is 11.6. The van der Waals surface area contributed by atoms with Gasteiger partial charge in [-0.15, -0.1) is 0 Å². The Morgan fingerprint density at radius 3 is 2.81 bits per heavy atom. The van der Waals surface area contributed by atoms with Crippen molar-refractivity contribution in [2.75, 3.05) is 0 Å². The molecule has 3 aliphatic rings. The first-order chi connectivity index (χ1) is 7.54. The third-order valence-corrected chi connectivity index (χ3v) is 4.98. The molecule has 0 heterocycles. The molecule has 0 saturated heterocycles. The van der Waals surface area contributed by atoms with Gasteiger partial charge in [-0.2, -0.15) is 0 Å². The average molecular weight is 234 g/mol. The topological polar surface area (TPSA) is 9.23 Å². The lowest BCUT2D eigenvalue weighted by molar-refractivity contribution is 0.291. The molecule has 1 saturated carbocycles. The van der Waals surface area contributed by atoms with E-state index in [-0.39, 0.29) is 0 Å². The Hall–Kier alpha value is -0.503. The van der Waals surface area contributed by atoms with Crippen LogP contribution in [-0.4, -0.2) is 8.32 Å². The molecule has 0 aromatic carbocycles. The molecule has 88 valence electrons. The Bertz CT molecular complexity index is 361. The van der Waals surface area contributed by atoms with E-state index in [0.29, 0.717) is 0 Å². The second-order valence-corrected chi connectivity index (χ2v) is 10.9. The highest BCUT2D eigenvalue weighted by Gasteiger charge is 2.46. The Kier molecular flexibility index (Phi) is 2.32. The highest BCUT2D eigenvalue weighted by atomic mass is 28.4. The monoisotopic (exact) mass is 234 g/mol. The van der Waals surface area contributed by atoms with Crippen LogP contribution in [0.5, 0.6) is 0 Å². The molecule has 3 aliphatic carbocycles. The summed E-state index contributed by atoms with van der Waals surface area (Å²) in [6.45, 7) is 6.88. The van der Waals surface area contributed by atoms with Gasteiger partial charge in [-0.25, -0.2) is 0 Å². The van der Waals surface area contributed by atoms with Gasteiger partial charge in [0.25, 0.3) is 0 Å². The molecule has 0 bridgehead atoms. The third kappa shape index (κ3) is 1.67. The second kappa shape index (κ2) is 3.49. The van der Waals surface area contributed by atoms with Gasteiger partial charge in [0, 0.05) is 5.92 Å². The van der Waals surface area contributed by atoms with Crippen LogP contribution in [0.25, 0.3) is 0 Å².